The normalized spacial score (nSPS) is 32.2. The number of anilines is 1. The zero-order valence-corrected chi connectivity index (χ0v) is 24.2. The van der Waals surface area contributed by atoms with Crippen LogP contribution in [0.25, 0.3) is 0 Å². The summed E-state index contributed by atoms with van der Waals surface area (Å²) in [5.41, 5.74) is 0.308. The van der Waals surface area contributed by atoms with Crippen LogP contribution in [-0.2, 0) is 14.4 Å². The van der Waals surface area contributed by atoms with Crippen LogP contribution in [0.4, 0.5) is 5.69 Å². The van der Waals surface area contributed by atoms with E-state index in [4.69, 9.17) is 4.74 Å². The minimum absolute atomic E-state index is 0.0807. The first-order chi connectivity index (χ1) is 18.5. The van der Waals surface area contributed by atoms with E-state index in [0.717, 1.165) is 11.4 Å². The number of carbonyl (C=O) groups excluding carboxylic acids is 3. The lowest BCUT2D eigenvalue weighted by molar-refractivity contribution is -0.145. The molecule has 0 aliphatic carbocycles. The first-order valence-corrected chi connectivity index (χ1v) is 14.6. The molecule has 8 nitrogen and oxygen atoms in total. The van der Waals surface area contributed by atoms with Gasteiger partial charge in [0.1, 0.15) is 11.8 Å². The molecule has 1 aromatic rings. The third-order valence-corrected chi connectivity index (χ3v) is 10.2. The maximum absolute atomic E-state index is 14.4. The number of amides is 3. The number of hydrogen-bond donors (Lipinski definition) is 1. The Morgan fingerprint density at radius 2 is 1.69 bits per heavy atom. The second-order valence-electron chi connectivity index (χ2n) is 11.9. The number of benzene rings is 1. The lowest BCUT2D eigenvalue weighted by atomic mass is 9.74. The Bertz CT molecular complexity index is 1210. The monoisotopic (exact) mass is 553 g/mol. The maximum Gasteiger partial charge on any atom is 0.247 e. The van der Waals surface area contributed by atoms with Crippen LogP contribution >= 0.6 is 11.8 Å². The number of aliphatic hydroxyl groups is 1. The number of ether oxygens (including phenoxy) is 1. The van der Waals surface area contributed by atoms with Gasteiger partial charge in [-0.3, -0.25) is 14.4 Å². The Morgan fingerprint density at radius 1 is 1.00 bits per heavy atom. The molecule has 210 valence electrons. The highest BCUT2D eigenvalue weighted by molar-refractivity contribution is 8.02. The minimum atomic E-state index is -0.884. The van der Waals surface area contributed by atoms with Crippen LogP contribution in [0, 0.1) is 11.8 Å². The fourth-order valence-electron chi connectivity index (χ4n) is 6.73. The van der Waals surface area contributed by atoms with Crippen molar-refractivity contribution in [3.8, 4) is 5.75 Å². The lowest BCUT2D eigenvalue weighted by Crippen LogP contribution is -2.57. The third kappa shape index (κ3) is 4.38. The van der Waals surface area contributed by atoms with E-state index in [9.17, 15) is 19.5 Å². The fourth-order valence-corrected chi connectivity index (χ4v) is 8.88. The van der Waals surface area contributed by atoms with Crippen molar-refractivity contribution in [3.05, 3.63) is 48.6 Å². The molecule has 0 bridgehead atoms. The summed E-state index contributed by atoms with van der Waals surface area (Å²) in [6.45, 7) is 11.5. The van der Waals surface area contributed by atoms with Gasteiger partial charge >= 0.3 is 0 Å². The van der Waals surface area contributed by atoms with Gasteiger partial charge in [-0.05, 0) is 65.3 Å². The predicted molar refractivity (Wildman–Crippen MR) is 153 cm³/mol. The molecule has 4 aliphatic rings. The van der Waals surface area contributed by atoms with Gasteiger partial charge in [-0.1, -0.05) is 24.3 Å². The highest BCUT2D eigenvalue weighted by atomic mass is 32.2. The molecule has 5 atom stereocenters. The Balaban J connectivity index is 1.59. The van der Waals surface area contributed by atoms with Crippen LogP contribution in [0.1, 0.15) is 41.0 Å². The highest BCUT2D eigenvalue weighted by Crippen LogP contribution is 2.65. The Labute approximate surface area is 235 Å². The van der Waals surface area contributed by atoms with Crippen LogP contribution in [0.2, 0.25) is 0 Å². The first-order valence-electron chi connectivity index (χ1n) is 13.8. The molecule has 4 heterocycles. The number of thioether (sulfide) groups is 1. The van der Waals surface area contributed by atoms with Crippen LogP contribution in [-0.4, -0.2) is 86.6 Å². The number of carbonyl (C=O) groups is 3. The van der Waals surface area contributed by atoms with Gasteiger partial charge in [0, 0.05) is 42.2 Å². The molecule has 39 heavy (non-hydrogen) atoms. The number of hydrogen-bond acceptors (Lipinski definition) is 6. The van der Waals surface area contributed by atoms with Gasteiger partial charge in [0.05, 0.1) is 23.2 Å². The van der Waals surface area contributed by atoms with Crippen LogP contribution in [0.3, 0.4) is 0 Å². The van der Waals surface area contributed by atoms with Crippen molar-refractivity contribution in [3.63, 3.8) is 0 Å². The van der Waals surface area contributed by atoms with Crippen molar-refractivity contribution in [2.45, 2.75) is 62.1 Å². The zero-order valence-electron chi connectivity index (χ0n) is 23.4. The average Bonchev–Trinajstić information content (AvgIpc) is 3.13. The van der Waals surface area contributed by atoms with Gasteiger partial charge in [-0.15, -0.1) is 11.8 Å². The number of aliphatic hydroxyl groups excluding tert-OH is 1. The van der Waals surface area contributed by atoms with Gasteiger partial charge < -0.3 is 24.5 Å². The Kier molecular flexibility index (Phi) is 7.12. The lowest BCUT2D eigenvalue weighted by Gasteiger charge is -2.41. The van der Waals surface area contributed by atoms with Gasteiger partial charge in [0.25, 0.3) is 0 Å². The van der Waals surface area contributed by atoms with E-state index in [1.807, 2.05) is 82.0 Å². The second-order valence-corrected chi connectivity index (χ2v) is 13.7. The summed E-state index contributed by atoms with van der Waals surface area (Å²) in [7, 11) is 0. The smallest absolute Gasteiger partial charge is 0.247 e. The topological polar surface area (TPSA) is 90.4 Å². The van der Waals surface area contributed by atoms with E-state index in [0.29, 0.717) is 26.1 Å². The molecule has 0 saturated carbocycles. The number of nitrogens with zero attached hydrogens (tertiary/aromatic N) is 3. The average molecular weight is 554 g/mol. The molecule has 3 amide bonds. The maximum atomic E-state index is 14.4. The first kappa shape index (κ1) is 27.8. The van der Waals surface area contributed by atoms with Crippen molar-refractivity contribution >= 4 is 35.2 Å². The zero-order chi connectivity index (χ0) is 28.2. The van der Waals surface area contributed by atoms with Crippen molar-refractivity contribution in [2.24, 2.45) is 11.8 Å². The summed E-state index contributed by atoms with van der Waals surface area (Å²) in [6, 6.07) is 6.71. The van der Waals surface area contributed by atoms with Crippen LogP contribution < -0.4 is 9.64 Å². The molecule has 4 aliphatic heterocycles. The second kappa shape index (κ2) is 10.0. The SMILES string of the molecule is CCOc1ccc(N2CC=C[C@@]3(C)S[C@]45C=CCN(C(C)(C)C)C(=O)C4N(CCCO)C(=O)[C@@H]5[C@H]3C2=O)cc1. The molecule has 0 radical (unpaired) electrons. The van der Waals surface area contributed by atoms with E-state index in [-0.39, 0.29) is 30.9 Å². The number of fused-ring (bicyclic) bond motifs is 2. The molecule has 5 rings (SSSR count). The Hall–Kier alpha value is -2.78. The van der Waals surface area contributed by atoms with Gasteiger partial charge in [-0.2, -0.15) is 0 Å². The summed E-state index contributed by atoms with van der Waals surface area (Å²) >= 11 is 1.58. The van der Waals surface area contributed by atoms with E-state index in [1.165, 1.54) is 0 Å². The largest absolute Gasteiger partial charge is 0.494 e. The standard InChI is InChI=1S/C30H39N3O5S/c1-6-38-21-12-10-20(11-13-21)31-16-7-14-29(5)22(25(31)35)23-26(36)32(17-9-19-34)24-27(37)33(28(2,3)4)18-8-15-30(23,24)39-29/h7-8,10-15,22-24,34H,6,9,16-19H2,1-5H3/t22-,23-,24?,29+,30-/m0/s1. The predicted octanol–water partition coefficient (Wildman–Crippen LogP) is 3.25. The van der Waals surface area contributed by atoms with Crippen LogP contribution in [0.15, 0.2) is 48.6 Å². The molecular weight excluding hydrogens is 514 g/mol. The molecular formula is C30H39N3O5S. The van der Waals surface area contributed by atoms with Crippen LogP contribution in [0.5, 0.6) is 5.75 Å². The minimum Gasteiger partial charge on any atom is -0.494 e. The molecule has 0 aromatic heterocycles. The number of likely N-dealkylation sites (tertiary alicyclic amines) is 1. The summed E-state index contributed by atoms with van der Waals surface area (Å²) in [4.78, 5) is 48.2. The summed E-state index contributed by atoms with van der Waals surface area (Å²) < 4.78 is 4.03. The fraction of sp³-hybridized carbons (Fsp3) is 0.567. The van der Waals surface area contributed by atoms with Gasteiger partial charge in [0.2, 0.25) is 17.7 Å². The summed E-state index contributed by atoms with van der Waals surface area (Å²) in [5, 5.41) is 9.60. The van der Waals surface area contributed by atoms with Crippen molar-refractivity contribution < 1.29 is 24.2 Å². The van der Waals surface area contributed by atoms with Gasteiger partial charge in [-0.25, -0.2) is 0 Å². The quantitative estimate of drug-likeness (QED) is 0.544. The van der Waals surface area contributed by atoms with E-state index < -0.39 is 32.9 Å². The molecule has 2 saturated heterocycles. The number of rotatable bonds is 6. The summed E-state index contributed by atoms with van der Waals surface area (Å²) in [5.74, 6) is -1.02. The molecule has 1 aromatic carbocycles. The Morgan fingerprint density at radius 3 is 2.33 bits per heavy atom. The molecule has 1 N–H and O–H groups in total. The third-order valence-electron chi connectivity index (χ3n) is 8.38. The van der Waals surface area contributed by atoms with E-state index >= 15 is 0 Å². The highest BCUT2D eigenvalue weighted by Gasteiger charge is 2.74. The van der Waals surface area contributed by atoms with Crippen molar-refractivity contribution in [1.29, 1.82) is 0 Å². The van der Waals surface area contributed by atoms with E-state index in [2.05, 4.69) is 6.08 Å². The molecule has 9 heteroatoms. The van der Waals surface area contributed by atoms with Gasteiger partial charge in [0.15, 0.2) is 0 Å². The summed E-state index contributed by atoms with van der Waals surface area (Å²) in [6.07, 6.45) is 8.48. The molecule has 2 fully saturated rings. The van der Waals surface area contributed by atoms with Crippen molar-refractivity contribution in [2.75, 3.05) is 37.7 Å². The molecule has 1 unspecified atom stereocenters. The van der Waals surface area contributed by atoms with Crippen molar-refractivity contribution in [1.82, 2.24) is 9.80 Å². The van der Waals surface area contributed by atoms with E-state index in [1.54, 1.807) is 21.6 Å². The molecule has 1 spiro atoms.